The Kier molecular flexibility index (Phi) is 7.83. The van der Waals surface area contributed by atoms with Crippen LogP contribution in [0.1, 0.15) is 24.1 Å². The van der Waals surface area contributed by atoms with Crippen LogP contribution < -0.4 is 0 Å². The van der Waals surface area contributed by atoms with Gasteiger partial charge in [0.05, 0.1) is 26.2 Å². The van der Waals surface area contributed by atoms with Gasteiger partial charge < -0.3 is 14.5 Å². The van der Waals surface area contributed by atoms with E-state index in [4.69, 9.17) is 4.74 Å². The molecule has 9 nitrogen and oxygen atoms in total. The average molecular weight is 485 g/mol. The van der Waals surface area contributed by atoms with Gasteiger partial charge in [0.1, 0.15) is 4.21 Å². The van der Waals surface area contributed by atoms with Gasteiger partial charge in [-0.05, 0) is 25.0 Å². The first kappa shape index (κ1) is 23.6. The minimum absolute atomic E-state index is 0.0194. The molecule has 2 amide bonds. The second-order valence-corrected chi connectivity index (χ2v) is 11.8. The Hall–Kier alpha value is -1.53. The number of piperidine rings is 1. The summed E-state index contributed by atoms with van der Waals surface area (Å²) in [5.41, 5.74) is 0. The summed E-state index contributed by atoms with van der Waals surface area (Å²) in [6, 6.07) is 3.38. The molecule has 3 aliphatic rings. The van der Waals surface area contributed by atoms with Crippen molar-refractivity contribution in [2.24, 2.45) is 0 Å². The van der Waals surface area contributed by atoms with Crippen LogP contribution in [-0.2, 0) is 30.8 Å². The van der Waals surface area contributed by atoms with E-state index in [1.165, 1.54) is 11.3 Å². The summed E-state index contributed by atoms with van der Waals surface area (Å²) in [6.07, 6.45) is 3.07. The molecule has 0 aliphatic carbocycles. The van der Waals surface area contributed by atoms with E-state index in [0.717, 1.165) is 37.2 Å². The van der Waals surface area contributed by atoms with E-state index >= 15 is 0 Å². The van der Waals surface area contributed by atoms with Gasteiger partial charge in [-0.3, -0.25) is 14.5 Å². The maximum absolute atomic E-state index is 12.8. The highest BCUT2D eigenvalue weighted by Gasteiger charge is 2.29. The third kappa shape index (κ3) is 5.69. The number of amides is 2. The SMILES string of the molecule is O=C(Cc1ccc(S(=O)(=O)N2CCCCC2)s1)N1CCN(C(=O)CN2CCOCC2)CC1. The molecule has 3 aliphatic heterocycles. The summed E-state index contributed by atoms with van der Waals surface area (Å²) in [6.45, 7) is 6.53. The number of carbonyl (C=O) groups excluding carboxylic acids is 2. The summed E-state index contributed by atoms with van der Waals surface area (Å²) in [4.78, 5) is 31.8. The highest BCUT2D eigenvalue weighted by Crippen LogP contribution is 2.27. The van der Waals surface area contributed by atoms with Crippen molar-refractivity contribution in [3.63, 3.8) is 0 Å². The fourth-order valence-electron chi connectivity index (χ4n) is 4.34. The van der Waals surface area contributed by atoms with Gasteiger partial charge in [0.2, 0.25) is 11.8 Å². The zero-order chi connectivity index (χ0) is 22.6. The second kappa shape index (κ2) is 10.6. The molecule has 0 N–H and O–H groups in total. The number of morpholine rings is 1. The third-order valence-corrected chi connectivity index (χ3v) is 9.77. The molecule has 0 spiro atoms. The largest absolute Gasteiger partial charge is 0.379 e. The van der Waals surface area contributed by atoms with Gasteiger partial charge in [0.25, 0.3) is 10.0 Å². The Morgan fingerprint density at radius 3 is 2.12 bits per heavy atom. The quantitative estimate of drug-likeness (QED) is 0.583. The van der Waals surface area contributed by atoms with Crippen LogP contribution in [-0.4, -0.2) is 111 Å². The lowest BCUT2D eigenvalue weighted by Gasteiger charge is -2.36. The standard InChI is InChI=1S/C21H32N4O5S2/c26-19(16-18-4-5-21(31-18)32(28,29)25-6-2-1-3-7-25)23-8-10-24(11-9-23)20(27)17-22-12-14-30-15-13-22/h4-5H,1-3,6-17H2. The lowest BCUT2D eigenvalue weighted by Crippen LogP contribution is -2.53. The topological polar surface area (TPSA) is 90.5 Å². The number of hydrogen-bond donors (Lipinski definition) is 0. The molecule has 0 saturated carbocycles. The van der Waals surface area contributed by atoms with Crippen molar-refractivity contribution < 1.29 is 22.7 Å². The van der Waals surface area contributed by atoms with Crippen LogP contribution in [0, 0.1) is 0 Å². The Bertz CT molecular complexity index is 899. The van der Waals surface area contributed by atoms with E-state index < -0.39 is 10.0 Å². The maximum atomic E-state index is 12.8. The van der Waals surface area contributed by atoms with Gasteiger partial charge in [0, 0.05) is 57.2 Å². The van der Waals surface area contributed by atoms with Crippen LogP contribution in [0.4, 0.5) is 0 Å². The van der Waals surface area contributed by atoms with Crippen molar-refractivity contribution in [3.05, 3.63) is 17.0 Å². The monoisotopic (exact) mass is 484 g/mol. The first-order valence-corrected chi connectivity index (χ1v) is 13.6. The molecule has 3 fully saturated rings. The molecular formula is C21H32N4O5S2. The van der Waals surface area contributed by atoms with E-state index in [2.05, 4.69) is 4.90 Å². The fraction of sp³-hybridized carbons (Fsp3) is 0.714. The van der Waals surface area contributed by atoms with Gasteiger partial charge in [-0.1, -0.05) is 6.42 Å². The first-order chi connectivity index (χ1) is 15.4. The first-order valence-electron chi connectivity index (χ1n) is 11.4. The lowest BCUT2D eigenvalue weighted by molar-refractivity contribution is -0.140. The summed E-state index contributed by atoms with van der Waals surface area (Å²) in [5.74, 6) is 0.0823. The molecule has 1 aromatic heterocycles. The molecule has 0 atom stereocenters. The molecular weight excluding hydrogens is 452 g/mol. The molecule has 0 aromatic carbocycles. The molecule has 4 heterocycles. The Balaban J connectivity index is 1.26. The number of rotatable bonds is 6. The van der Waals surface area contributed by atoms with E-state index in [9.17, 15) is 18.0 Å². The van der Waals surface area contributed by atoms with Gasteiger partial charge in [-0.2, -0.15) is 4.31 Å². The van der Waals surface area contributed by atoms with Crippen LogP contribution in [0.5, 0.6) is 0 Å². The Morgan fingerprint density at radius 1 is 0.844 bits per heavy atom. The van der Waals surface area contributed by atoms with Crippen LogP contribution in [0.2, 0.25) is 0 Å². The normalized spacial score (nSPS) is 21.6. The second-order valence-electron chi connectivity index (χ2n) is 8.51. The van der Waals surface area contributed by atoms with E-state index in [1.54, 1.807) is 21.3 Å². The number of sulfonamides is 1. The molecule has 0 bridgehead atoms. The average Bonchev–Trinajstić information content (AvgIpc) is 3.30. The predicted octanol–water partition coefficient (Wildman–Crippen LogP) is 0.468. The molecule has 1 aromatic rings. The molecule has 178 valence electrons. The van der Waals surface area contributed by atoms with E-state index in [0.29, 0.717) is 63.2 Å². The van der Waals surface area contributed by atoms with Gasteiger partial charge in [-0.25, -0.2) is 8.42 Å². The summed E-state index contributed by atoms with van der Waals surface area (Å²) in [5, 5.41) is 0. The van der Waals surface area contributed by atoms with Crippen molar-refractivity contribution in [2.45, 2.75) is 29.9 Å². The van der Waals surface area contributed by atoms with Gasteiger partial charge >= 0.3 is 0 Å². The van der Waals surface area contributed by atoms with Crippen molar-refractivity contribution >= 4 is 33.2 Å². The third-order valence-electron chi connectivity index (χ3n) is 6.32. The summed E-state index contributed by atoms with van der Waals surface area (Å²) in [7, 11) is -3.46. The fourth-order valence-corrected chi connectivity index (χ4v) is 7.36. The smallest absolute Gasteiger partial charge is 0.252 e. The van der Waals surface area contributed by atoms with Crippen LogP contribution in [0.15, 0.2) is 16.3 Å². The number of carbonyl (C=O) groups is 2. The summed E-state index contributed by atoms with van der Waals surface area (Å²) < 4.78 is 32.8. The number of hydrogen-bond acceptors (Lipinski definition) is 7. The molecule has 32 heavy (non-hydrogen) atoms. The maximum Gasteiger partial charge on any atom is 0.252 e. The number of thiophene rings is 1. The van der Waals surface area contributed by atoms with E-state index in [1.807, 2.05) is 4.90 Å². The molecule has 0 unspecified atom stereocenters. The van der Waals surface area contributed by atoms with Gasteiger partial charge in [-0.15, -0.1) is 11.3 Å². The zero-order valence-electron chi connectivity index (χ0n) is 18.4. The summed E-state index contributed by atoms with van der Waals surface area (Å²) >= 11 is 1.19. The van der Waals surface area contributed by atoms with Crippen LogP contribution >= 0.6 is 11.3 Å². The van der Waals surface area contributed by atoms with Crippen LogP contribution in [0.25, 0.3) is 0 Å². The van der Waals surface area contributed by atoms with Crippen molar-refractivity contribution in [3.8, 4) is 0 Å². The number of piperazine rings is 1. The Labute approximate surface area is 193 Å². The molecule has 4 rings (SSSR count). The highest BCUT2D eigenvalue weighted by molar-refractivity contribution is 7.91. The van der Waals surface area contributed by atoms with Gasteiger partial charge in [0.15, 0.2) is 0 Å². The van der Waals surface area contributed by atoms with Crippen molar-refractivity contribution in [1.82, 2.24) is 19.0 Å². The Morgan fingerprint density at radius 2 is 1.47 bits per heavy atom. The molecule has 3 saturated heterocycles. The predicted molar refractivity (Wildman–Crippen MR) is 121 cm³/mol. The minimum atomic E-state index is -3.46. The molecule has 11 heteroatoms. The van der Waals surface area contributed by atoms with Crippen molar-refractivity contribution in [1.29, 1.82) is 0 Å². The highest BCUT2D eigenvalue weighted by atomic mass is 32.2. The number of nitrogens with zero attached hydrogens (tertiary/aromatic N) is 4. The van der Waals surface area contributed by atoms with E-state index in [-0.39, 0.29) is 18.2 Å². The number of ether oxygens (including phenoxy) is 1. The lowest BCUT2D eigenvalue weighted by atomic mass is 10.2. The van der Waals surface area contributed by atoms with Crippen molar-refractivity contribution in [2.75, 3.05) is 72.1 Å². The molecule has 0 radical (unpaired) electrons. The zero-order valence-corrected chi connectivity index (χ0v) is 20.0. The van der Waals surface area contributed by atoms with Crippen LogP contribution in [0.3, 0.4) is 0 Å². The minimum Gasteiger partial charge on any atom is -0.379 e.